The van der Waals surface area contributed by atoms with Crippen LogP contribution in [0.15, 0.2) is 0 Å². The molecule has 5 aliphatic carbocycles. The molecule has 5 fully saturated rings. The number of nitrogens with two attached hydrogens (primary N) is 1. The van der Waals surface area contributed by atoms with Crippen molar-refractivity contribution >= 4 is 0 Å². The first-order valence-electron chi connectivity index (χ1n) is 9.05. The van der Waals surface area contributed by atoms with Crippen molar-refractivity contribution in [1.29, 1.82) is 0 Å². The molecule has 0 aliphatic heterocycles. The van der Waals surface area contributed by atoms with Gasteiger partial charge in [-0.1, -0.05) is 32.1 Å². The molecule has 0 aromatic heterocycles. The average molecular weight is 261 g/mol. The zero-order valence-electron chi connectivity index (χ0n) is 12.4. The van der Waals surface area contributed by atoms with E-state index in [4.69, 9.17) is 5.73 Å². The van der Waals surface area contributed by atoms with Crippen LogP contribution in [0.3, 0.4) is 0 Å². The largest absolute Gasteiger partial charge is 0.330 e. The summed E-state index contributed by atoms with van der Waals surface area (Å²) < 4.78 is 0. The van der Waals surface area contributed by atoms with Crippen molar-refractivity contribution < 1.29 is 0 Å². The minimum absolute atomic E-state index is 0.885. The van der Waals surface area contributed by atoms with Crippen molar-refractivity contribution in [2.45, 2.75) is 64.2 Å². The molecule has 5 rings (SSSR count). The van der Waals surface area contributed by atoms with E-state index in [1.165, 1.54) is 32.1 Å². The molecule has 2 N–H and O–H groups in total. The molecule has 0 amide bonds. The molecule has 0 spiro atoms. The molecule has 108 valence electrons. The molecule has 0 aromatic carbocycles. The predicted molar refractivity (Wildman–Crippen MR) is 79.7 cm³/mol. The van der Waals surface area contributed by atoms with E-state index in [-0.39, 0.29) is 0 Å². The van der Waals surface area contributed by atoms with Crippen LogP contribution in [0.2, 0.25) is 0 Å². The van der Waals surface area contributed by atoms with Crippen molar-refractivity contribution in [2.24, 2.45) is 47.2 Å². The van der Waals surface area contributed by atoms with Gasteiger partial charge in [-0.15, -0.1) is 0 Å². The molecule has 4 bridgehead atoms. The summed E-state index contributed by atoms with van der Waals surface area (Å²) in [4.78, 5) is 0. The molecule has 1 nitrogen and oxygen atoms in total. The molecule has 5 aliphatic rings. The van der Waals surface area contributed by atoms with Gasteiger partial charge in [0.1, 0.15) is 0 Å². The van der Waals surface area contributed by atoms with E-state index in [1.54, 1.807) is 32.1 Å². The van der Waals surface area contributed by atoms with Gasteiger partial charge in [-0.25, -0.2) is 0 Å². The van der Waals surface area contributed by atoms with E-state index in [0.717, 1.165) is 48.0 Å². The Balaban J connectivity index is 1.53. The van der Waals surface area contributed by atoms with E-state index in [0.29, 0.717) is 0 Å². The second kappa shape index (κ2) is 5.06. The predicted octanol–water partition coefficient (Wildman–Crippen LogP) is 4.21. The Morgan fingerprint density at radius 1 is 0.789 bits per heavy atom. The van der Waals surface area contributed by atoms with Gasteiger partial charge >= 0.3 is 0 Å². The maximum Gasteiger partial charge on any atom is -0.00434 e. The lowest BCUT2D eigenvalue weighted by Gasteiger charge is -2.57. The van der Waals surface area contributed by atoms with Crippen LogP contribution >= 0.6 is 0 Å². The Hall–Kier alpha value is -0.0400. The topological polar surface area (TPSA) is 26.0 Å². The van der Waals surface area contributed by atoms with Gasteiger partial charge in [-0.2, -0.15) is 0 Å². The third-order valence-corrected chi connectivity index (χ3v) is 7.32. The Kier molecular flexibility index (Phi) is 3.38. The first-order chi connectivity index (χ1) is 9.35. The molecule has 5 saturated carbocycles. The Morgan fingerprint density at radius 3 is 1.89 bits per heavy atom. The maximum atomic E-state index is 6.28. The van der Waals surface area contributed by atoms with Crippen LogP contribution < -0.4 is 5.73 Å². The third-order valence-electron chi connectivity index (χ3n) is 7.32. The van der Waals surface area contributed by atoms with Crippen molar-refractivity contribution in [3.63, 3.8) is 0 Å². The van der Waals surface area contributed by atoms with Crippen LogP contribution in [0.25, 0.3) is 0 Å². The molecular weight excluding hydrogens is 230 g/mol. The molecule has 1 heteroatoms. The summed E-state index contributed by atoms with van der Waals surface area (Å²) in [6, 6.07) is 0. The van der Waals surface area contributed by atoms with Gasteiger partial charge in [0.15, 0.2) is 0 Å². The van der Waals surface area contributed by atoms with E-state index < -0.39 is 0 Å². The molecule has 1 atom stereocenters. The lowest BCUT2D eigenvalue weighted by molar-refractivity contribution is -0.0739. The van der Waals surface area contributed by atoms with Crippen molar-refractivity contribution in [2.75, 3.05) is 6.54 Å². The minimum atomic E-state index is 0.885. The van der Waals surface area contributed by atoms with Crippen LogP contribution in [0.5, 0.6) is 0 Å². The standard InChI is InChI=1S/C18H31N/c19-11-17(14-4-2-1-3-5-14)18-15-7-12-6-13(9-15)10-16(18)8-12/h12-18H,1-11,19H2. The number of hydrogen-bond acceptors (Lipinski definition) is 1. The highest BCUT2D eigenvalue weighted by Gasteiger charge is 2.51. The first kappa shape index (κ1) is 12.7. The number of rotatable bonds is 3. The fourth-order valence-corrected chi connectivity index (χ4v) is 6.89. The Bertz CT molecular complexity index is 290. The first-order valence-corrected chi connectivity index (χ1v) is 9.05. The summed E-state index contributed by atoms with van der Waals surface area (Å²) in [5, 5.41) is 0. The summed E-state index contributed by atoms with van der Waals surface area (Å²) in [5.41, 5.74) is 6.28. The van der Waals surface area contributed by atoms with Crippen LogP contribution in [0.1, 0.15) is 64.2 Å². The molecule has 0 radical (unpaired) electrons. The number of hydrogen-bond donors (Lipinski definition) is 1. The van der Waals surface area contributed by atoms with Gasteiger partial charge in [0, 0.05) is 0 Å². The van der Waals surface area contributed by atoms with Crippen molar-refractivity contribution in [3.8, 4) is 0 Å². The molecule has 0 aromatic rings. The highest BCUT2D eigenvalue weighted by molar-refractivity contribution is 5.01. The quantitative estimate of drug-likeness (QED) is 0.809. The van der Waals surface area contributed by atoms with E-state index in [1.807, 2.05) is 0 Å². The normalized spacial score (nSPS) is 47.5. The van der Waals surface area contributed by atoms with Crippen LogP contribution in [-0.4, -0.2) is 6.54 Å². The Labute approximate surface area is 118 Å². The molecule has 1 unspecified atom stereocenters. The highest BCUT2D eigenvalue weighted by atomic mass is 14.6. The van der Waals surface area contributed by atoms with E-state index in [9.17, 15) is 0 Å². The fourth-order valence-electron chi connectivity index (χ4n) is 6.89. The lowest BCUT2D eigenvalue weighted by Crippen LogP contribution is -2.50. The monoisotopic (exact) mass is 261 g/mol. The zero-order chi connectivity index (χ0) is 12.8. The average Bonchev–Trinajstić information content (AvgIpc) is 2.43. The van der Waals surface area contributed by atoms with Crippen LogP contribution in [0, 0.1) is 41.4 Å². The van der Waals surface area contributed by atoms with Gasteiger partial charge in [-0.3, -0.25) is 0 Å². The summed E-state index contributed by atoms with van der Waals surface area (Å²) in [6.07, 6.45) is 15.3. The fraction of sp³-hybridized carbons (Fsp3) is 1.00. The van der Waals surface area contributed by atoms with Gasteiger partial charge in [0.2, 0.25) is 0 Å². The Morgan fingerprint density at radius 2 is 1.37 bits per heavy atom. The van der Waals surface area contributed by atoms with E-state index >= 15 is 0 Å². The second-order valence-corrected chi connectivity index (χ2v) is 8.31. The summed E-state index contributed by atoms with van der Waals surface area (Å²) in [6.45, 7) is 0.984. The van der Waals surface area contributed by atoms with Crippen molar-refractivity contribution in [1.82, 2.24) is 0 Å². The molecular formula is C18H31N. The lowest BCUT2D eigenvalue weighted by atomic mass is 9.48. The third kappa shape index (κ3) is 2.17. The van der Waals surface area contributed by atoms with E-state index in [2.05, 4.69) is 0 Å². The van der Waals surface area contributed by atoms with Gasteiger partial charge in [0.05, 0.1) is 0 Å². The minimum Gasteiger partial charge on any atom is -0.330 e. The summed E-state index contributed by atoms with van der Waals surface area (Å²) in [5.74, 6) is 7.28. The summed E-state index contributed by atoms with van der Waals surface area (Å²) in [7, 11) is 0. The molecule has 19 heavy (non-hydrogen) atoms. The van der Waals surface area contributed by atoms with Gasteiger partial charge in [0.25, 0.3) is 0 Å². The highest BCUT2D eigenvalue weighted by Crippen LogP contribution is 2.59. The van der Waals surface area contributed by atoms with Gasteiger partial charge < -0.3 is 5.73 Å². The van der Waals surface area contributed by atoms with Crippen LogP contribution in [-0.2, 0) is 0 Å². The SMILES string of the molecule is NCC(C1CCCCC1)C1C2CC3CC(C2)CC1C3. The smallest absolute Gasteiger partial charge is 0.00434 e. The molecule has 0 saturated heterocycles. The summed E-state index contributed by atoms with van der Waals surface area (Å²) >= 11 is 0. The van der Waals surface area contributed by atoms with Crippen LogP contribution in [0.4, 0.5) is 0 Å². The molecule has 0 heterocycles. The second-order valence-electron chi connectivity index (χ2n) is 8.31. The maximum absolute atomic E-state index is 6.28. The van der Waals surface area contributed by atoms with Gasteiger partial charge in [-0.05, 0) is 80.1 Å². The zero-order valence-corrected chi connectivity index (χ0v) is 12.4. The van der Waals surface area contributed by atoms with Crippen molar-refractivity contribution in [3.05, 3.63) is 0 Å².